The molecule has 2 aromatic rings. The predicted octanol–water partition coefficient (Wildman–Crippen LogP) is 3.51. The second kappa shape index (κ2) is 9.32. The Balaban J connectivity index is 1.85. The van der Waals surface area contributed by atoms with Gasteiger partial charge in [-0.2, -0.15) is 0 Å². The topological polar surface area (TPSA) is 60.5 Å². The first-order valence-electron chi connectivity index (χ1n) is 8.16. The summed E-state index contributed by atoms with van der Waals surface area (Å²) in [5.74, 6) is 1.99. The van der Waals surface area contributed by atoms with Crippen LogP contribution in [-0.4, -0.2) is 30.4 Å². The van der Waals surface area contributed by atoms with Gasteiger partial charge in [0.05, 0.1) is 31.7 Å². The standard InChI is InChI=1S/C19H24N2O3S/c1-5-24-15-6-8-16(9-7-15)25-12-18(22)21-11-17-14(3)19(23-4)13(2)10-20-17/h6-10H,5,11-12H2,1-4H3,(H,21,22). The Bertz CT molecular complexity index is 717. The summed E-state index contributed by atoms with van der Waals surface area (Å²) < 4.78 is 10.8. The number of thioether (sulfide) groups is 1. The lowest BCUT2D eigenvalue weighted by Crippen LogP contribution is -2.25. The van der Waals surface area contributed by atoms with Crippen molar-refractivity contribution in [3.8, 4) is 11.5 Å². The number of hydrogen-bond acceptors (Lipinski definition) is 5. The zero-order valence-corrected chi connectivity index (χ0v) is 15.9. The maximum atomic E-state index is 12.1. The molecule has 1 heterocycles. The minimum absolute atomic E-state index is 0.0281. The molecule has 0 saturated carbocycles. The van der Waals surface area contributed by atoms with Crippen molar-refractivity contribution in [1.29, 1.82) is 0 Å². The average molecular weight is 360 g/mol. The number of nitrogens with zero attached hydrogens (tertiary/aromatic N) is 1. The Hall–Kier alpha value is -2.21. The normalized spacial score (nSPS) is 10.4. The maximum Gasteiger partial charge on any atom is 0.230 e. The summed E-state index contributed by atoms with van der Waals surface area (Å²) in [4.78, 5) is 17.5. The quantitative estimate of drug-likeness (QED) is 0.730. The van der Waals surface area contributed by atoms with E-state index in [1.807, 2.05) is 45.0 Å². The molecule has 5 nitrogen and oxygen atoms in total. The highest BCUT2D eigenvalue weighted by atomic mass is 32.2. The fourth-order valence-corrected chi connectivity index (χ4v) is 3.16. The fraction of sp³-hybridized carbons (Fsp3) is 0.368. The first kappa shape index (κ1) is 19.1. The minimum Gasteiger partial charge on any atom is -0.496 e. The van der Waals surface area contributed by atoms with Crippen molar-refractivity contribution in [2.75, 3.05) is 19.5 Å². The molecule has 6 heteroatoms. The molecule has 0 spiro atoms. The van der Waals surface area contributed by atoms with Crippen molar-refractivity contribution in [2.45, 2.75) is 32.2 Å². The van der Waals surface area contributed by atoms with E-state index in [4.69, 9.17) is 9.47 Å². The van der Waals surface area contributed by atoms with Gasteiger partial charge in [-0.3, -0.25) is 9.78 Å². The molecule has 1 amide bonds. The number of ether oxygens (including phenoxy) is 2. The van der Waals surface area contributed by atoms with Crippen LogP contribution in [0.15, 0.2) is 35.4 Å². The molecule has 0 aliphatic rings. The summed E-state index contributed by atoms with van der Waals surface area (Å²) in [6, 6.07) is 7.74. The third kappa shape index (κ3) is 5.39. The van der Waals surface area contributed by atoms with Gasteiger partial charge in [-0.15, -0.1) is 11.8 Å². The molecule has 25 heavy (non-hydrogen) atoms. The Morgan fingerprint density at radius 2 is 1.96 bits per heavy atom. The summed E-state index contributed by atoms with van der Waals surface area (Å²) >= 11 is 1.49. The number of carbonyl (C=O) groups excluding carboxylic acids is 1. The third-order valence-electron chi connectivity index (χ3n) is 3.71. The first-order valence-corrected chi connectivity index (χ1v) is 9.15. The van der Waals surface area contributed by atoms with Crippen LogP contribution in [0.4, 0.5) is 0 Å². The van der Waals surface area contributed by atoms with E-state index in [2.05, 4.69) is 10.3 Å². The molecule has 0 bridgehead atoms. The van der Waals surface area contributed by atoms with Gasteiger partial charge in [0.25, 0.3) is 0 Å². The van der Waals surface area contributed by atoms with Crippen LogP contribution < -0.4 is 14.8 Å². The Morgan fingerprint density at radius 3 is 2.60 bits per heavy atom. The van der Waals surface area contributed by atoms with Crippen molar-refractivity contribution in [3.63, 3.8) is 0 Å². The second-order valence-electron chi connectivity index (χ2n) is 5.52. The van der Waals surface area contributed by atoms with Crippen LogP contribution in [0.5, 0.6) is 11.5 Å². The van der Waals surface area contributed by atoms with Crippen LogP contribution in [0.2, 0.25) is 0 Å². The van der Waals surface area contributed by atoms with Crippen LogP contribution in [0, 0.1) is 13.8 Å². The van der Waals surface area contributed by atoms with Crippen molar-refractivity contribution >= 4 is 17.7 Å². The van der Waals surface area contributed by atoms with E-state index in [1.165, 1.54) is 11.8 Å². The molecule has 1 aromatic heterocycles. The van der Waals surface area contributed by atoms with E-state index in [-0.39, 0.29) is 5.91 Å². The highest BCUT2D eigenvalue weighted by molar-refractivity contribution is 8.00. The molecule has 0 aliphatic heterocycles. The predicted molar refractivity (Wildman–Crippen MR) is 100 cm³/mol. The van der Waals surface area contributed by atoms with Crippen LogP contribution in [0.1, 0.15) is 23.7 Å². The number of hydrogen-bond donors (Lipinski definition) is 1. The fourth-order valence-electron chi connectivity index (χ4n) is 2.43. The van der Waals surface area contributed by atoms with Crippen LogP contribution in [0.3, 0.4) is 0 Å². The lowest BCUT2D eigenvalue weighted by molar-refractivity contribution is -0.118. The third-order valence-corrected chi connectivity index (χ3v) is 4.72. The number of carbonyl (C=O) groups is 1. The summed E-state index contributed by atoms with van der Waals surface area (Å²) in [5.41, 5.74) is 2.77. The molecule has 0 saturated heterocycles. The zero-order valence-electron chi connectivity index (χ0n) is 15.1. The average Bonchev–Trinajstić information content (AvgIpc) is 2.61. The number of pyridine rings is 1. The maximum absolute atomic E-state index is 12.1. The van der Waals surface area contributed by atoms with Crippen molar-refractivity contribution in [2.24, 2.45) is 0 Å². The molecule has 0 atom stereocenters. The van der Waals surface area contributed by atoms with Crippen LogP contribution in [-0.2, 0) is 11.3 Å². The van der Waals surface area contributed by atoms with Gasteiger partial charge >= 0.3 is 0 Å². The summed E-state index contributed by atoms with van der Waals surface area (Å²) in [6.45, 7) is 6.90. The van der Waals surface area contributed by atoms with E-state index in [1.54, 1.807) is 13.3 Å². The van der Waals surface area contributed by atoms with Gasteiger partial charge in [-0.1, -0.05) is 0 Å². The van der Waals surface area contributed by atoms with Crippen molar-refractivity contribution < 1.29 is 14.3 Å². The Kier molecular flexibility index (Phi) is 7.13. The molecule has 1 aromatic carbocycles. The monoisotopic (exact) mass is 360 g/mol. The summed E-state index contributed by atoms with van der Waals surface area (Å²) in [5, 5.41) is 2.91. The first-order chi connectivity index (χ1) is 12.0. The Labute approximate surface area is 153 Å². The number of aryl methyl sites for hydroxylation is 1. The van der Waals surface area contributed by atoms with E-state index in [9.17, 15) is 4.79 Å². The number of amides is 1. The van der Waals surface area contributed by atoms with E-state index in [0.717, 1.165) is 33.2 Å². The molecule has 2 rings (SSSR count). The van der Waals surface area contributed by atoms with E-state index < -0.39 is 0 Å². The number of benzene rings is 1. The van der Waals surface area contributed by atoms with Crippen LogP contribution in [0.25, 0.3) is 0 Å². The number of methoxy groups -OCH3 is 1. The molecule has 0 unspecified atom stereocenters. The number of rotatable bonds is 8. The molecule has 0 aliphatic carbocycles. The van der Waals surface area contributed by atoms with E-state index >= 15 is 0 Å². The highest BCUT2D eigenvalue weighted by Gasteiger charge is 2.10. The van der Waals surface area contributed by atoms with Crippen molar-refractivity contribution in [1.82, 2.24) is 10.3 Å². The van der Waals surface area contributed by atoms with Gasteiger partial charge in [-0.25, -0.2) is 0 Å². The van der Waals surface area contributed by atoms with Gasteiger partial charge in [0.2, 0.25) is 5.91 Å². The van der Waals surface area contributed by atoms with Gasteiger partial charge in [-0.05, 0) is 45.0 Å². The minimum atomic E-state index is -0.0281. The van der Waals surface area contributed by atoms with Gasteiger partial charge in [0.1, 0.15) is 11.5 Å². The number of aromatic nitrogens is 1. The second-order valence-corrected chi connectivity index (χ2v) is 6.56. The largest absolute Gasteiger partial charge is 0.496 e. The van der Waals surface area contributed by atoms with E-state index in [0.29, 0.717) is 18.9 Å². The highest BCUT2D eigenvalue weighted by Crippen LogP contribution is 2.24. The lowest BCUT2D eigenvalue weighted by atomic mass is 10.1. The smallest absolute Gasteiger partial charge is 0.230 e. The van der Waals surface area contributed by atoms with Crippen molar-refractivity contribution in [3.05, 3.63) is 47.3 Å². The van der Waals surface area contributed by atoms with Gasteiger partial charge < -0.3 is 14.8 Å². The molecule has 134 valence electrons. The summed E-state index contributed by atoms with van der Waals surface area (Å²) in [7, 11) is 1.64. The molecule has 1 N–H and O–H groups in total. The zero-order chi connectivity index (χ0) is 18.2. The molecule has 0 radical (unpaired) electrons. The molecular weight excluding hydrogens is 336 g/mol. The van der Waals surface area contributed by atoms with Crippen LogP contribution >= 0.6 is 11.8 Å². The SMILES string of the molecule is CCOc1ccc(SCC(=O)NCc2ncc(C)c(OC)c2C)cc1. The molecule has 0 fully saturated rings. The van der Waals surface area contributed by atoms with Gasteiger partial charge in [0.15, 0.2) is 0 Å². The van der Waals surface area contributed by atoms with Gasteiger partial charge in [0, 0.05) is 22.2 Å². The summed E-state index contributed by atoms with van der Waals surface area (Å²) in [6.07, 6.45) is 1.77. The number of nitrogens with one attached hydrogen (secondary N) is 1. The Morgan fingerprint density at radius 1 is 1.24 bits per heavy atom. The molecular formula is C19H24N2O3S. The lowest BCUT2D eigenvalue weighted by Gasteiger charge is -2.12.